The number of alkyl halides is 2. The van der Waals surface area contributed by atoms with Crippen LogP contribution < -0.4 is 0 Å². The topological polar surface area (TPSA) is 33.0 Å². The van der Waals surface area contributed by atoms with Crippen LogP contribution >= 0.6 is 23.2 Å². The second-order valence-electron chi connectivity index (χ2n) is 1.85. The van der Waals surface area contributed by atoms with Crippen molar-refractivity contribution in [1.82, 2.24) is 0 Å². The van der Waals surface area contributed by atoms with E-state index in [1.165, 1.54) is 0 Å². The summed E-state index contributed by atoms with van der Waals surface area (Å²) in [5, 5.41) is 8.17. The van der Waals surface area contributed by atoms with Gasteiger partial charge in [0.15, 0.2) is 0 Å². The summed E-state index contributed by atoms with van der Waals surface area (Å²) < 4.78 is 3.79. The lowest BCUT2D eigenvalue weighted by Crippen LogP contribution is -2.15. The van der Waals surface area contributed by atoms with E-state index in [1.54, 1.807) is 0 Å². The van der Waals surface area contributed by atoms with Crippen molar-refractivity contribution in [2.75, 3.05) is 0 Å². The maximum absolute atomic E-state index is 8.17. The molecule has 0 fully saturated rings. The van der Waals surface area contributed by atoms with Crippen molar-refractivity contribution in [3.63, 3.8) is 0 Å². The molecule has 0 unspecified atom stereocenters. The molecule has 0 saturated carbocycles. The van der Waals surface area contributed by atoms with Gasteiger partial charge in [-0.15, -0.1) is 0 Å². The Labute approximate surface area is 73.6 Å². The van der Waals surface area contributed by atoms with E-state index in [9.17, 15) is 0 Å². The van der Waals surface area contributed by atoms with Gasteiger partial charge in [-0.3, -0.25) is 0 Å². The predicted octanol–water partition coefficient (Wildman–Crippen LogP) is 1.11. The van der Waals surface area contributed by atoms with Crippen LogP contribution in [0.2, 0.25) is 0 Å². The SMILES string of the molecule is N#CCCCC(Cl)(Cl)O[SiH3]. The monoisotopic (exact) mass is 197 g/mol. The van der Waals surface area contributed by atoms with Crippen molar-refractivity contribution >= 4 is 33.7 Å². The molecule has 0 rings (SSSR count). The minimum atomic E-state index is -1.05. The molecule has 0 aliphatic carbocycles. The van der Waals surface area contributed by atoms with Crippen molar-refractivity contribution in [2.45, 2.75) is 23.8 Å². The summed E-state index contributed by atoms with van der Waals surface area (Å²) in [6.45, 7) is 0. The smallest absolute Gasteiger partial charge is 0.207 e. The van der Waals surface area contributed by atoms with E-state index in [-0.39, 0.29) is 0 Å². The van der Waals surface area contributed by atoms with Crippen LogP contribution in [0.15, 0.2) is 0 Å². The summed E-state index contributed by atoms with van der Waals surface area (Å²) in [4.78, 5) is 0. The van der Waals surface area contributed by atoms with Crippen LogP contribution in [-0.2, 0) is 4.43 Å². The lowest BCUT2D eigenvalue weighted by atomic mass is 10.2. The second kappa shape index (κ2) is 4.97. The van der Waals surface area contributed by atoms with Crippen LogP contribution in [0, 0.1) is 11.3 Å². The summed E-state index contributed by atoms with van der Waals surface area (Å²) in [5.41, 5.74) is 0. The molecule has 0 atom stereocenters. The first-order valence-electron chi connectivity index (χ1n) is 2.92. The van der Waals surface area contributed by atoms with Crippen LogP contribution in [0.25, 0.3) is 0 Å². The maximum Gasteiger partial charge on any atom is 0.207 e. The molecule has 0 aliphatic rings. The van der Waals surface area contributed by atoms with Gasteiger partial charge >= 0.3 is 0 Å². The molecule has 2 nitrogen and oxygen atoms in total. The Bertz CT molecular complexity index is 134. The average molecular weight is 198 g/mol. The minimum Gasteiger partial charge on any atom is -0.399 e. The van der Waals surface area contributed by atoms with E-state index in [4.69, 9.17) is 32.9 Å². The molecular weight excluding hydrogens is 189 g/mol. The van der Waals surface area contributed by atoms with Gasteiger partial charge in [-0.2, -0.15) is 5.26 Å². The molecule has 0 aromatic carbocycles. The number of hydrogen-bond acceptors (Lipinski definition) is 2. The Balaban J connectivity index is 3.39. The predicted molar refractivity (Wildman–Crippen MR) is 44.9 cm³/mol. The zero-order valence-corrected chi connectivity index (χ0v) is 9.24. The third-order valence-corrected chi connectivity index (χ3v) is 2.96. The number of unbranched alkanes of at least 4 members (excludes halogenated alkanes) is 1. The van der Waals surface area contributed by atoms with Gasteiger partial charge in [-0.05, 0) is 6.42 Å². The van der Waals surface area contributed by atoms with Gasteiger partial charge < -0.3 is 4.43 Å². The third kappa shape index (κ3) is 5.07. The largest absolute Gasteiger partial charge is 0.399 e. The normalized spacial score (nSPS) is 11.3. The highest BCUT2D eigenvalue weighted by Crippen LogP contribution is 2.27. The number of hydrogen-bond donors (Lipinski definition) is 0. The molecule has 0 aromatic rings. The second-order valence-corrected chi connectivity index (χ2v) is 3.68. The molecule has 0 spiro atoms. The Hall–Kier alpha value is 0.247. The summed E-state index contributed by atoms with van der Waals surface area (Å²) in [5.74, 6) is 0. The Morgan fingerprint density at radius 2 is 2.20 bits per heavy atom. The number of nitriles is 1. The molecule has 0 amide bonds. The Morgan fingerprint density at radius 3 is 2.60 bits per heavy atom. The molecule has 0 aromatic heterocycles. The van der Waals surface area contributed by atoms with Crippen molar-refractivity contribution in [1.29, 1.82) is 5.26 Å². The zero-order chi connectivity index (χ0) is 8.04. The van der Waals surface area contributed by atoms with Gasteiger partial charge in [0.2, 0.25) is 4.52 Å². The molecule has 0 heterocycles. The van der Waals surface area contributed by atoms with Gasteiger partial charge in [0.25, 0.3) is 0 Å². The first-order valence-corrected chi connectivity index (χ1v) is 4.49. The van der Waals surface area contributed by atoms with Crippen molar-refractivity contribution in [2.24, 2.45) is 0 Å². The molecule has 10 heavy (non-hydrogen) atoms. The summed E-state index contributed by atoms with van der Waals surface area (Å²) in [6, 6.07) is 2.00. The standard InChI is InChI=1S/C5H9Cl2NOSi/c6-5(7,9-10)3-1-2-4-8/h1-3H2,10H3. The van der Waals surface area contributed by atoms with Gasteiger partial charge in [0, 0.05) is 12.8 Å². The zero-order valence-electron chi connectivity index (χ0n) is 5.73. The lowest BCUT2D eigenvalue weighted by Gasteiger charge is -2.16. The van der Waals surface area contributed by atoms with Crippen LogP contribution in [-0.4, -0.2) is 15.0 Å². The van der Waals surface area contributed by atoms with E-state index < -0.39 is 4.52 Å². The molecule has 0 N–H and O–H groups in total. The highest BCUT2D eigenvalue weighted by Gasteiger charge is 2.20. The molecule has 5 heteroatoms. The lowest BCUT2D eigenvalue weighted by molar-refractivity contribution is 0.250. The van der Waals surface area contributed by atoms with Gasteiger partial charge in [0.05, 0.1) is 6.07 Å². The van der Waals surface area contributed by atoms with E-state index in [1.807, 2.05) is 6.07 Å². The molecular formula is C5H9Cl2NOSi. The summed E-state index contributed by atoms with van der Waals surface area (Å²) >= 11 is 11.2. The van der Waals surface area contributed by atoms with E-state index in [2.05, 4.69) is 0 Å². The first-order chi connectivity index (χ1) is 4.62. The summed E-state index contributed by atoms with van der Waals surface area (Å²) in [7, 11) is 0.519. The van der Waals surface area contributed by atoms with Crippen molar-refractivity contribution in [3.05, 3.63) is 0 Å². The van der Waals surface area contributed by atoms with E-state index in [0.717, 1.165) is 0 Å². The Morgan fingerprint density at radius 1 is 1.60 bits per heavy atom. The van der Waals surface area contributed by atoms with Crippen LogP contribution in [0.4, 0.5) is 0 Å². The highest BCUT2D eigenvalue weighted by atomic mass is 35.5. The molecule has 0 aliphatic heterocycles. The molecule has 0 saturated heterocycles. The van der Waals surface area contributed by atoms with Crippen molar-refractivity contribution < 1.29 is 4.43 Å². The third-order valence-electron chi connectivity index (χ3n) is 1.06. The van der Waals surface area contributed by atoms with E-state index >= 15 is 0 Å². The van der Waals surface area contributed by atoms with Crippen LogP contribution in [0.5, 0.6) is 0 Å². The number of rotatable bonds is 4. The van der Waals surface area contributed by atoms with Crippen molar-refractivity contribution in [3.8, 4) is 6.07 Å². The quantitative estimate of drug-likeness (QED) is 0.385. The maximum atomic E-state index is 8.17. The van der Waals surface area contributed by atoms with Gasteiger partial charge in [-0.1, -0.05) is 23.2 Å². The van der Waals surface area contributed by atoms with Gasteiger partial charge in [-0.25, -0.2) is 0 Å². The number of nitrogens with zero attached hydrogens (tertiary/aromatic N) is 1. The van der Waals surface area contributed by atoms with Crippen LogP contribution in [0.3, 0.4) is 0 Å². The fourth-order valence-corrected chi connectivity index (χ4v) is 0.947. The molecule has 0 radical (unpaired) electrons. The highest BCUT2D eigenvalue weighted by molar-refractivity contribution is 6.48. The average Bonchev–Trinajstić information content (AvgIpc) is 1.89. The Kier molecular flexibility index (Phi) is 5.09. The van der Waals surface area contributed by atoms with Gasteiger partial charge in [0.1, 0.15) is 10.5 Å². The minimum absolute atomic E-state index is 0.478. The molecule has 0 bridgehead atoms. The first kappa shape index (κ1) is 10.2. The fraction of sp³-hybridized carbons (Fsp3) is 0.800. The van der Waals surface area contributed by atoms with Crippen LogP contribution in [0.1, 0.15) is 19.3 Å². The molecule has 58 valence electrons. The fourth-order valence-electron chi connectivity index (χ4n) is 0.475. The summed E-state index contributed by atoms with van der Waals surface area (Å²) in [6.07, 6.45) is 1.69. The number of halogens is 2. The van der Waals surface area contributed by atoms with E-state index in [0.29, 0.717) is 29.7 Å².